The number of ether oxygens (including phenoxy) is 2. The fourth-order valence-corrected chi connectivity index (χ4v) is 1.69. The first kappa shape index (κ1) is 11.0. The number of benzene rings is 1. The van der Waals surface area contributed by atoms with Crippen LogP contribution in [0.5, 0.6) is 5.75 Å². The lowest BCUT2D eigenvalue weighted by Crippen LogP contribution is -2.26. The van der Waals surface area contributed by atoms with Crippen molar-refractivity contribution in [3.63, 3.8) is 0 Å². The van der Waals surface area contributed by atoms with Gasteiger partial charge in [0.1, 0.15) is 0 Å². The fourth-order valence-electron chi connectivity index (χ4n) is 1.69. The van der Waals surface area contributed by atoms with Crippen molar-refractivity contribution in [1.29, 1.82) is 0 Å². The molecule has 0 spiro atoms. The number of anilines is 2. The van der Waals surface area contributed by atoms with Crippen molar-refractivity contribution in [2.75, 3.05) is 37.9 Å². The van der Waals surface area contributed by atoms with Crippen LogP contribution in [0, 0.1) is 5.82 Å². The summed E-state index contributed by atoms with van der Waals surface area (Å²) in [5.41, 5.74) is 1.57. The molecule has 1 heterocycles. The summed E-state index contributed by atoms with van der Waals surface area (Å²) in [4.78, 5) is 0. The van der Waals surface area contributed by atoms with E-state index in [1.807, 2.05) is 0 Å². The summed E-state index contributed by atoms with van der Waals surface area (Å²) >= 11 is 0. The lowest BCUT2D eigenvalue weighted by molar-refractivity contribution is 0.124. The van der Waals surface area contributed by atoms with Gasteiger partial charge in [-0.2, -0.15) is 0 Å². The Bertz CT molecular complexity index is 384. The Morgan fingerprint density at radius 1 is 1.19 bits per heavy atom. The van der Waals surface area contributed by atoms with E-state index < -0.39 is 0 Å². The second-order valence-corrected chi connectivity index (χ2v) is 3.65. The molecule has 5 heteroatoms. The molecule has 88 valence electrons. The molecule has 0 saturated heterocycles. The Labute approximate surface area is 93.7 Å². The third-order valence-electron chi connectivity index (χ3n) is 2.67. The molecular formula is C11H15FN2O2. The van der Waals surface area contributed by atoms with E-state index in [1.165, 1.54) is 13.2 Å². The maximum atomic E-state index is 13.5. The zero-order valence-corrected chi connectivity index (χ0v) is 9.34. The Morgan fingerprint density at radius 2 is 1.81 bits per heavy atom. The van der Waals surface area contributed by atoms with Gasteiger partial charge in [-0.15, -0.1) is 0 Å². The van der Waals surface area contributed by atoms with Crippen molar-refractivity contribution < 1.29 is 13.9 Å². The molecular weight excluding hydrogens is 211 g/mol. The summed E-state index contributed by atoms with van der Waals surface area (Å²) in [7, 11) is 3.11. The van der Waals surface area contributed by atoms with Gasteiger partial charge < -0.3 is 20.1 Å². The average molecular weight is 226 g/mol. The Morgan fingerprint density at radius 3 is 2.38 bits per heavy atom. The molecule has 0 aliphatic carbocycles. The minimum Gasteiger partial charge on any atom is -0.494 e. The number of fused-ring (bicyclic) bond motifs is 1. The molecule has 4 nitrogen and oxygen atoms in total. The van der Waals surface area contributed by atoms with Crippen LogP contribution in [-0.4, -0.2) is 33.4 Å². The molecule has 1 aromatic rings. The van der Waals surface area contributed by atoms with Crippen molar-refractivity contribution in [2.45, 2.75) is 6.10 Å². The van der Waals surface area contributed by atoms with Crippen LogP contribution in [0.3, 0.4) is 0 Å². The first-order valence-corrected chi connectivity index (χ1v) is 5.12. The predicted molar refractivity (Wildman–Crippen MR) is 60.7 cm³/mol. The summed E-state index contributed by atoms with van der Waals surface area (Å²) in [6.07, 6.45) is 0.0708. The summed E-state index contributed by atoms with van der Waals surface area (Å²) in [6.45, 7) is 1.34. The number of rotatable bonds is 2. The lowest BCUT2D eigenvalue weighted by Gasteiger charge is -2.11. The molecule has 0 fully saturated rings. The number of hydrogen-bond donors (Lipinski definition) is 2. The van der Waals surface area contributed by atoms with Gasteiger partial charge >= 0.3 is 0 Å². The Hall–Kier alpha value is -1.49. The molecule has 16 heavy (non-hydrogen) atoms. The number of nitrogens with one attached hydrogen (secondary N) is 2. The van der Waals surface area contributed by atoms with Crippen LogP contribution in [0.4, 0.5) is 15.8 Å². The third-order valence-corrected chi connectivity index (χ3v) is 2.67. The Kier molecular flexibility index (Phi) is 3.14. The average Bonchev–Trinajstić information content (AvgIpc) is 2.49. The standard InChI is InChI=1S/C11H15FN2O2/c1-15-7-5-13-9-3-8(12)11(16-2)4-10(9)14-6-7/h3-4,7,13-14H,5-6H2,1-2H3. The second kappa shape index (κ2) is 4.57. The molecule has 2 N–H and O–H groups in total. The smallest absolute Gasteiger partial charge is 0.167 e. The van der Waals surface area contributed by atoms with Gasteiger partial charge in [0.25, 0.3) is 0 Å². The maximum absolute atomic E-state index is 13.5. The number of hydrogen-bond acceptors (Lipinski definition) is 4. The van der Waals surface area contributed by atoms with Gasteiger partial charge in [0.05, 0.1) is 24.6 Å². The summed E-state index contributed by atoms with van der Waals surface area (Å²) in [5, 5.41) is 6.33. The third kappa shape index (κ3) is 2.04. The molecule has 2 rings (SSSR count). The topological polar surface area (TPSA) is 42.5 Å². The van der Waals surface area contributed by atoms with Gasteiger partial charge in [-0.3, -0.25) is 0 Å². The van der Waals surface area contributed by atoms with Crippen LogP contribution < -0.4 is 15.4 Å². The van der Waals surface area contributed by atoms with E-state index >= 15 is 0 Å². The molecule has 1 aliphatic heterocycles. The van der Waals surface area contributed by atoms with Crippen molar-refractivity contribution in [1.82, 2.24) is 0 Å². The molecule has 0 amide bonds. The van der Waals surface area contributed by atoms with Crippen LogP contribution in [0.25, 0.3) is 0 Å². The van der Waals surface area contributed by atoms with E-state index in [9.17, 15) is 4.39 Å². The first-order chi connectivity index (χ1) is 7.74. The quantitative estimate of drug-likeness (QED) is 0.805. The number of methoxy groups -OCH3 is 2. The van der Waals surface area contributed by atoms with Crippen LogP contribution >= 0.6 is 0 Å². The largest absolute Gasteiger partial charge is 0.494 e. The Balaban J connectivity index is 2.28. The van der Waals surface area contributed by atoms with E-state index in [1.54, 1.807) is 13.2 Å². The second-order valence-electron chi connectivity index (χ2n) is 3.65. The van der Waals surface area contributed by atoms with E-state index in [0.717, 1.165) is 11.4 Å². The fraction of sp³-hybridized carbons (Fsp3) is 0.455. The highest BCUT2D eigenvalue weighted by molar-refractivity contribution is 5.72. The molecule has 1 atom stereocenters. The minimum atomic E-state index is -0.369. The van der Waals surface area contributed by atoms with Crippen molar-refractivity contribution in [2.24, 2.45) is 0 Å². The SMILES string of the molecule is COc1cc2c(cc1F)NCC(OC)CN2. The normalized spacial score (nSPS) is 19.1. The summed E-state index contributed by atoms with van der Waals surface area (Å²) in [6, 6.07) is 3.08. The van der Waals surface area contributed by atoms with Crippen LogP contribution in [0.1, 0.15) is 0 Å². The van der Waals surface area contributed by atoms with E-state index in [2.05, 4.69) is 10.6 Å². The van der Waals surface area contributed by atoms with Gasteiger partial charge in [-0.05, 0) is 0 Å². The molecule has 1 aliphatic rings. The molecule has 0 radical (unpaired) electrons. The zero-order chi connectivity index (χ0) is 11.5. The van der Waals surface area contributed by atoms with Gasteiger partial charge in [0.2, 0.25) is 0 Å². The van der Waals surface area contributed by atoms with E-state index in [4.69, 9.17) is 9.47 Å². The predicted octanol–water partition coefficient (Wildman–Crippen LogP) is 1.69. The molecule has 1 unspecified atom stereocenters. The number of halogens is 1. The highest BCUT2D eigenvalue weighted by atomic mass is 19.1. The minimum absolute atomic E-state index is 0.0708. The van der Waals surface area contributed by atoms with Crippen molar-refractivity contribution in [3.05, 3.63) is 17.9 Å². The highest BCUT2D eigenvalue weighted by Gasteiger charge is 2.17. The van der Waals surface area contributed by atoms with Crippen LogP contribution in [0.15, 0.2) is 12.1 Å². The highest BCUT2D eigenvalue weighted by Crippen LogP contribution is 2.31. The molecule has 0 aromatic heterocycles. The summed E-state index contributed by atoms with van der Waals surface area (Å²) < 4.78 is 23.6. The molecule has 1 aromatic carbocycles. The van der Waals surface area contributed by atoms with Gasteiger partial charge in [-0.25, -0.2) is 4.39 Å². The van der Waals surface area contributed by atoms with Crippen molar-refractivity contribution >= 4 is 11.4 Å². The first-order valence-electron chi connectivity index (χ1n) is 5.12. The molecule has 0 saturated carbocycles. The van der Waals surface area contributed by atoms with Crippen LogP contribution in [0.2, 0.25) is 0 Å². The van der Waals surface area contributed by atoms with E-state index in [0.29, 0.717) is 13.1 Å². The maximum Gasteiger partial charge on any atom is 0.167 e. The zero-order valence-electron chi connectivity index (χ0n) is 9.34. The van der Waals surface area contributed by atoms with Gasteiger partial charge in [0, 0.05) is 32.3 Å². The van der Waals surface area contributed by atoms with Crippen molar-refractivity contribution in [3.8, 4) is 5.75 Å². The van der Waals surface area contributed by atoms with Crippen LogP contribution in [-0.2, 0) is 4.74 Å². The van der Waals surface area contributed by atoms with Gasteiger partial charge in [-0.1, -0.05) is 0 Å². The summed E-state index contributed by atoms with van der Waals surface area (Å²) in [5.74, 6) is -0.129. The monoisotopic (exact) mass is 226 g/mol. The van der Waals surface area contributed by atoms with E-state index in [-0.39, 0.29) is 17.7 Å². The lowest BCUT2D eigenvalue weighted by atomic mass is 10.2. The molecule has 0 bridgehead atoms. The van der Waals surface area contributed by atoms with Gasteiger partial charge in [0.15, 0.2) is 11.6 Å².